The standard InChI is InChI=1S/C17H13NO2/c1-11-6-2-3-7-12(11)16-10-14(17(19)20)13-8-4-5-9-15(13)18-16/h2-10H,1H3,(H,19,20). The zero-order chi connectivity index (χ0) is 14.1. The van der Waals surface area contributed by atoms with Crippen LogP contribution in [-0.4, -0.2) is 16.1 Å². The molecule has 0 spiro atoms. The Bertz CT molecular complexity index is 809. The molecule has 0 saturated heterocycles. The van der Waals surface area contributed by atoms with Crippen LogP contribution in [0.25, 0.3) is 22.2 Å². The van der Waals surface area contributed by atoms with Crippen molar-refractivity contribution in [3.63, 3.8) is 0 Å². The molecule has 0 atom stereocenters. The minimum absolute atomic E-state index is 0.286. The van der Waals surface area contributed by atoms with Crippen LogP contribution in [0.2, 0.25) is 0 Å². The molecule has 98 valence electrons. The lowest BCUT2D eigenvalue weighted by atomic mass is 10.0. The van der Waals surface area contributed by atoms with Gasteiger partial charge < -0.3 is 5.11 Å². The van der Waals surface area contributed by atoms with Gasteiger partial charge in [0.15, 0.2) is 0 Å². The van der Waals surface area contributed by atoms with Crippen LogP contribution in [0.5, 0.6) is 0 Å². The molecule has 0 amide bonds. The number of nitrogens with zero attached hydrogens (tertiary/aromatic N) is 1. The molecule has 1 aromatic heterocycles. The van der Waals surface area contributed by atoms with E-state index in [2.05, 4.69) is 4.98 Å². The van der Waals surface area contributed by atoms with Gasteiger partial charge in [-0.2, -0.15) is 0 Å². The SMILES string of the molecule is Cc1ccccc1-c1cc(C(=O)O)c2ccccc2n1. The van der Waals surface area contributed by atoms with Gasteiger partial charge in [-0.05, 0) is 24.6 Å². The van der Waals surface area contributed by atoms with Crippen LogP contribution in [0, 0.1) is 6.92 Å². The number of aromatic nitrogens is 1. The summed E-state index contributed by atoms with van der Waals surface area (Å²) in [4.78, 5) is 16.0. The van der Waals surface area contributed by atoms with Crippen LogP contribution in [0.15, 0.2) is 54.6 Å². The first kappa shape index (κ1) is 12.4. The van der Waals surface area contributed by atoms with E-state index in [1.165, 1.54) is 0 Å². The summed E-state index contributed by atoms with van der Waals surface area (Å²) in [6.07, 6.45) is 0. The van der Waals surface area contributed by atoms with Crippen molar-refractivity contribution in [1.29, 1.82) is 0 Å². The van der Waals surface area contributed by atoms with Crippen molar-refractivity contribution in [1.82, 2.24) is 4.98 Å². The van der Waals surface area contributed by atoms with Crippen LogP contribution in [0.4, 0.5) is 0 Å². The van der Waals surface area contributed by atoms with Gasteiger partial charge in [-0.15, -0.1) is 0 Å². The van der Waals surface area contributed by atoms with E-state index in [9.17, 15) is 9.90 Å². The minimum atomic E-state index is -0.932. The van der Waals surface area contributed by atoms with Gasteiger partial charge in [-0.3, -0.25) is 0 Å². The summed E-state index contributed by atoms with van der Waals surface area (Å²) in [6.45, 7) is 1.99. The Hall–Kier alpha value is -2.68. The molecule has 1 heterocycles. The summed E-state index contributed by atoms with van der Waals surface area (Å²) in [5.74, 6) is -0.932. The normalized spacial score (nSPS) is 10.7. The van der Waals surface area contributed by atoms with Crippen molar-refractivity contribution in [2.45, 2.75) is 6.92 Å². The number of hydrogen-bond donors (Lipinski definition) is 1. The molecule has 0 aliphatic rings. The molecule has 20 heavy (non-hydrogen) atoms. The molecule has 3 heteroatoms. The molecule has 0 bridgehead atoms. The van der Waals surface area contributed by atoms with Crippen molar-refractivity contribution in [2.75, 3.05) is 0 Å². The zero-order valence-electron chi connectivity index (χ0n) is 11.0. The van der Waals surface area contributed by atoms with Crippen molar-refractivity contribution >= 4 is 16.9 Å². The number of carboxylic acid groups (broad SMARTS) is 1. The molecule has 0 fully saturated rings. The van der Waals surface area contributed by atoms with E-state index in [1.54, 1.807) is 12.1 Å². The Morgan fingerprint density at radius 1 is 1.05 bits per heavy atom. The Morgan fingerprint density at radius 2 is 1.75 bits per heavy atom. The fourth-order valence-corrected chi connectivity index (χ4v) is 2.35. The third-order valence-electron chi connectivity index (χ3n) is 3.37. The van der Waals surface area contributed by atoms with Gasteiger partial charge in [0.1, 0.15) is 0 Å². The number of rotatable bonds is 2. The fourth-order valence-electron chi connectivity index (χ4n) is 2.35. The van der Waals surface area contributed by atoms with Crippen LogP contribution in [0.1, 0.15) is 15.9 Å². The second-order valence-electron chi connectivity index (χ2n) is 4.69. The minimum Gasteiger partial charge on any atom is -0.478 e. The maximum Gasteiger partial charge on any atom is 0.336 e. The molecule has 0 saturated carbocycles. The number of para-hydroxylation sites is 1. The zero-order valence-corrected chi connectivity index (χ0v) is 11.0. The molecule has 0 unspecified atom stereocenters. The lowest BCUT2D eigenvalue weighted by Gasteiger charge is -2.09. The molecule has 0 radical (unpaired) electrons. The summed E-state index contributed by atoms with van der Waals surface area (Å²) >= 11 is 0. The van der Waals surface area contributed by atoms with Crippen molar-refractivity contribution < 1.29 is 9.90 Å². The van der Waals surface area contributed by atoms with Crippen LogP contribution in [0.3, 0.4) is 0 Å². The molecule has 3 rings (SSSR count). The lowest BCUT2D eigenvalue weighted by Crippen LogP contribution is -2.00. The van der Waals surface area contributed by atoms with E-state index in [4.69, 9.17) is 0 Å². The Labute approximate surface area is 116 Å². The average molecular weight is 263 g/mol. The summed E-state index contributed by atoms with van der Waals surface area (Å²) in [7, 11) is 0. The second-order valence-corrected chi connectivity index (χ2v) is 4.69. The average Bonchev–Trinajstić information content (AvgIpc) is 2.46. The third kappa shape index (κ3) is 2.03. The van der Waals surface area contributed by atoms with Crippen LogP contribution < -0.4 is 0 Å². The number of fused-ring (bicyclic) bond motifs is 1. The highest BCUT2D eigenvalue weighted by Crippen LogP contribution is 2.26. The lowest BCUT2D eigenvalue weighted by molar-refractivity contribution is 0.0699. The molecule has 0 aliphatic heterocycles. The van der Waals surface area contributed by atoms with Crippen molar-refractivity contribution in [3.8, 4) is 11.3 Å². The number of carbonyl (C=O) groups is 1. The topological polar surface area (TPSA) is 50.2 Å². The quantitative estimate of drug-likeness (QED) is 0.762. The molecular formula is C17H13NO2. The third-order valence-corrected chi connectivity index (χ3v) is 3.37. The number of hydrogen-bond acceptors (Lipinski definition) is 2. The summed E-state index contributed by atoms with van der Waals surface area (Å²) in [6, 6.07) is 16.8. The number of pyridine rings is 1. The van der Waals surface area contributed by atoms with Gasteiger partial charge in [-0.1, -0.05) is 42.5 Å². The van der Waals surface area contributed by atoms with E-state index in [1.807, 2.05) is 49.4 Å². The van der Waals surface area contributed by atoms with Gasteiger partial charge in [-0.25, -0.2) is 9.78 Å². The maximum atomic E-state index is 11.5. The van der Waals surface area contributed by atoms with Crippen LogP contribution >= 0.6 is 0 Å². The Balaban J connectivity index is 2.33. The molecular weight excluding hydrogens is 250 g/mol. The van der Waals surface area contributed by atoms with Gasteiger partial charge in [0.05, 0.1) is 16.8 Å². The Kier molecular flexibility index (Phi) is 2.95. The summed E-state index contributed by atoms with van der Waals surface area (Å²) < 4.78 is 0. The molecule has 3 nitrogen and oxygen atoms in total. The largest absolute Gasteiger partial charge is 0.478 e. The summed E-state index contributed by atoms with van der Waals surface area (Å²) in [5.41, 5.74) is 3.71. The predicted octanol–water partition coefficient (Wildman–Crippen LogP) is 3.91. The maximum absolute atomic E-state index is 11.5. The monoisotopic (exact) mass is 263 g/mol. The number of carboxylic acids is 1. The van der Waals surface area contributed by atoms with E-state index in [0.29, 0.717) is 16.6 Å². The first-order chi connectivity index (χ1) is 9.66. The molecule has 2 aromatic carbocycles. The van der Waals surface area contributed by atoms with Gasteiger partial charge in [0.25, 0.3) is 0 Å². The molecule has 1 N–H and O–H groups in total. The number of benzene rings is 2. The van der Waals surface area contributed by atoms with E-state index in [0.717, 1.165) is 11.1 Å². The molecule has 0 aliphatic carbocycles. The highest BCUT2D eigenvalue weighted by Gasteiger charge is 2.13. The van der Waals surface area contributed by atoms with Crippen LogP contribution in [-0.2, 0) is 0 Å². The van der Waals surface area contributed by atoms with E-state index in [-0.39, 0.29) is 5.56 Å². The highest BCUT2D eigenvalue weighted by atomic mass is 16.4. The Morgan fingerprint density at radius 3 is 2.50 bits per heavy atom. The summed E-state index contributed by atoms with van der Waals surface area (Å²) in [5, 5.41) is 10.1. The van der Waals surface area contributed by atoms with Crippen molar-refractivity contribution in [2.24, 2.45) is 0 Å². The van der Waals surface area contributed by atoms with Crippen molar-refractivity contribution in [3.05, 3.63) is 65.7 Å². The first-order valence-electron chi connectivity index (χ1n) is 6.36. The molecule has 3 aromatic rings. The number of aryl methyl sites for hydroxylation is 1. The number of aromatic carboxylic acids is 1. The van der Waals surface area contributed by atoms with E-state index >= 15 is 0 Å². The highest BCUT2D eigenvalue weighted by molar-refractivity contribution is 6.03. The van der Waals surface area contributed by atoms with Gasteiger partial charge >= 0.3 is 5.97 Å². The fraction of sp³-hybridized carbons (Fsp3) is 0.0588. The second kappa shape index (κ2) is 4.78. The first-order valence-corrected chi connectivity index (χ1v) is 6.36. The van der Waals surface area contributed by atoms with E-state index < -0.39 is 5.97 Å². The van der Waals surface area contributed by atoms with Gasteiger partial charge in [0.2, 0.25) is 0 Å². The smallest absolute Gasteiger partial charge is 0.336 e. The van der Waals surface area contributed by atoms with Gasteiger partial charge in [0, 0.05) is 10.9 Å². The predicted molar refractivity (Wildman–Crippen MR) is 78.9 cm³/mol.